The SMILES string of the molecule is Cc1nc(C23CC4CC(C)(CC(C)(C4)C2)C3)nc(N)c1Br. The van der Waals surface area contributed by atoms with Gasteiger partial charge in [0.25, 0.3) is 0 Å². The zero-order valence-electron chi connectivity index (χ0n) is 13.2. The molecule has 0 aliphatic heterocycles. The van der Waals surface area contributed by atoms with E-state index in [1.807, 2.05) is 6.92 Å². The van der Waals surface area contributed by atoms with E-state index >= 15 is 0 Å². The molecule has 4 saturated carbocycles. The number of nitrogens with zero attached hydrogens (tertiary/aromatic N) is 2. The van der Waals surface area contributed by atoms with E-state index in [0.29, 0.717) is 16.6 Å². The molecule has 2 unspecified atom stereocenters. The van der Waals surface area contributed by atoms with Crippen LogP contribution in [0.5, 0.6) is 0 Å². The largest absolute Gasteiger partial charge is 0.383 e. The molecule has 0 aromatic carbocycles. The molecular formula is C17H24BrN3. The van der Waals surface area contributed by atoms with E-state index in [4.69, 9.17) is 15.7 Å². The van der Waals surface area contributed by atoms with Crippen molar-refractivity contribution in [2.24, 2.45) is 16.7 Å². The summed E-state index contributed by atoms with van der Waals surface area (Å²) in [6, 6.07) is 0. The molecule has 0 spiro atoms. The van der Waals surface area contributed by atoms with Crippen molar-refractivity contribution in [1.82, 2.24) is 9.97 Å². The van der Waals surface area contributed by atoms with Gasteiger partial charge in [0, 0.05) is 5.41 Å². The van der Waals surface area contributed by atoms with Gasteiger partial charge in [-0.1, -0.05) is 13.8 Å². The summed E-state index contributed by atoms with van der Waals surface area (Å²) in [5.74, 6) is 2.47. The standard InChI is InChI=1S/C17H24BrN3/c1-10-12(18)13(19)21-14(20-10)17-6-11-4-15(2,8-17)7-16(3,5-11)9-17/h11H,4-9H2,1-3H3,(H2,19,20,21). The molecule has 114 valence electrons. The molecule has 4 bridgehead atoms. The first kappa shape index (κ1) is 14.0. The van der Waals surface area contributed by atoms with Crippen LogP contribution in [0.1, 0.15) is 63.9 Å². The fourth-order valence-electron chi connectivity index (χ4n) is 6.52. The first-order chi connectivity index (χ1) is 9.73. The molecule has 0 amide bonds. The van der Waals surface area contributed by atoms with Crippen LogP contribution in [0, 0.1) is 23.7 Å². The molecule has 1 aromatic heterocycles. The Morgan fingerprint density at radius 1 is 1.05 bits per heavy atom. The number of rotatable bonds is 1. The lowest BCUT2D eigenvalue weighted by molar-refractivity contribution is -0.112. The zero-order valence-corrected chi connectivity index (χ0v) is 14.8. The second-order valence-electron chi connectivity index (χ2n) is 8.74. The second-order valence-corrected chi connectivity index (χ2v) is 9.54. The summed E-state index contributed by atoms with van der Waals surface area (Å²) in [4.78, 5) is 9.55. The highest BCUT2D eigenvalue weighted by molar-refractivity contribution is 9.10. The van der Waals surface area contributed by atoms with Crippen molar-refractivity contribution in [3.8, 4) is 0 Å². The number of nitrogens with two attached hydrogens (primary N) is 1. The predicted octanol–water partition coefficient (Wildman–Crippen LogP) is 4.38. The molecule has 1 heterocycles. The summed E-state index contributed by atoms with van der Waals surface area (Å²) < 4.78 is 0.855. The maximum Gasteiger partial charge on any atom is 0.141 e. The third kappa shape index (κ3) is 1.97. The molecule has 3 nitrogen and oxygen atoms in total. The first-order valence-corrected chi connectivity index (χ1v) is 8.82. The van der Waals surface area contributed by atoms with E-state index in [2.05, 4.69) is 29.8 Å². The van der Waals surface area contributed by atoms with Crippen LogP contribution in [0.25, 0.3) is 0 Å². The quantitative estimate of drug-likeness (QED) is 0.818. The minimum atomic E-state index is 0.169. The molecule has 1 aromatic rings. The van der Waals surface area contributed by atoms with Crippen molar-refractivity contribution in [2.75, 3.05) is 5.73 Å². The number of hydrogen-bond acceptors (Lipinski definition) is 3. The van der Waals surface area contributed by atoms with Crippen LogP contribution in [-0.2, 0) is 5.41 Å². The summed E-state index contributed by atoms with van der Waals surface area (Å²) in [5, 5.41) is 0. The smallest absolute Gasteiger partial charge is 0.141 e. The van der Waals surface area contributed by atoms with Gasteiger partial charge >= 0.3 is 0 Å². The van der Waals surface area contributed by atoms with Crippen LogP contribution in [0.3, 0.4) is 0 Å². The maximum absolute atomic E-state index is 6.11. The lowest BCUT2D eigenvalue weighted by atomic mass is 9.40. The van der Waals surface area contributed by atoms with E-state index in [9.17, 15) is 0 Å². The Morgan fingerprint density at radius 3 is 2.19 bits per heavy atom. The van der Waals surface area contributed by atoms with Crippen LogP contribution >= 0.6 is 15.9 Å². The highest BCUT2D eigenvalue weighted by atomic mass is 79.9. The molecule has 5 rings (SSSR count). The molecule has 21 heavy (non-hydrogen) atoms. The first-order valence-electron chi connectivity index (χ1n) is 8.03. The lowest BCUT2D eigenvalue weighted by Crippen LogP contribution is -2.57. The molecule has 4 aliphatic rings. The van der Waals surface area contributed by atoms with Crippen LogP contribution in [0.15, 0.2) is 4.47 Å². The zero-order chi connectivity index (χ0) is 15.0. The van der Waals surface area contributed by atoms with Gasteiger partial charge in [-0.15, -0.1) is 0 Å². The van der Waals surface area contributed by atoms with Gasteiger partial charge in [0.05, 0.1) is 10.2 Å². The van der Waals surface area contributed by atoms with Gasteiger partial charge in [0.2, 0.25) is 0 Å². The summed E-state index contributed by atoms with van der Waals surface area (Å²) >= 11 is 3.49. The minimum Gasteiger partial charge on any atom is -0.383 e. The molecule has 2 atom stereocenters. The monoisotopic (exact) mass is 349 g/mol. The van der Waals surface area contributed by atoms with Gasteiger partial charge < -0.3 is 5.73 Å². The van der Waals surface area contributed by atoms with Crippen molar-refractivity contribution in [2.45, 2.75) is 64.7 Å². The van der Waals surface area contributed by atoms with Gasteiger partial charge in [-0.05, 0) is 78.1 Å². The molecule has 4 fully saturated rings. The highest BCUT2D eigenvalue weighted by Crippen LogP contribution is 2.69. The van der Waals surface area contributed by atoms with Crippen LogP contribution in [0.2, 0.25) is 0 Å². The number of anilines is 1. The van der Waals surface area contributed by atoms with Crippen LogP contribution < -0.4 is 5.73 Å². The number of halogens is 1. The summed E-state index contributed by atoms with van der Waals surface area (Å²) in [5.41, 5.74) is 8.21. The third-order valence-electron chi connectivity index (χ3n) is 6.14. The summed E-state index contributed by atoms with van der Waals surface area (Å²) in [6.07, 6.45) is 7.92. The Hall–Kier alpha value is -0.640. The second kappa shape index (κ2) is 4.01. The van der Waals surface area contributed by atoms with Crippen LogP contribution in [-0.4, -0.2) is 9.97 Å². The van der Waals surface area contributed by atoms with Crippen molar-refractivity contribution in [3.63, 3.8) is 0 Å². The molecule has 4 heteroatoms. The van der Waals surface area contributed by atoms with Crippen molar-refractivity contribution in [1.29, 1.82) is 0 Å². The number of nitrogen functional groups attached to an aromatic ring is 1. The molecule has 0 radical (unpaired) electrons. The Kier molecular flexibility index (Phi) is 2.67. The van der Waals surface area contributed by atoms with Crippen LogP contribution in [0.4, 0.5) is 5.82 Å². The molecular weight excluding hydrogens is 326 g/mol. The van der Waals surface area contributed by atoms with Gasteiger partial charge in [-0.2, -0.15) is 0 Å². The molecule has 0 saturated heterocycles. The van der Waals surface area contributed by atoms with E-state index in [0.717, 1.165) is 21.9 Å². The number of aryl methyl sites for hydroxylation is 1. The lowest BCUT2D eigenvalue weighted by Gasteiger charge is -2.64. The fourth-order valence-corrected chi connectivity index (χ4v) is 6.69. The maximum atomic E-state index is 6.11. The highest BCUT2D eigenvalue weighted by Gasteiger charge is 2.61. The molecule has 2 N–H and O–H groups in total. The van der Waals surface area contributed by atoms with E-state index in [-0.39, 0.29) is 5.41 Å². The third-order valence-corrected chi connectivity index (χ3v) is 7.12. The Morgan fingerprint density at radius 2 is 1.67 bits per heavy atom. The normalized spacial score (nSPS) is 44.3. The van der Waals surface area contributed by atoms with Crippen molar-refractivity contribution in [3.05, 3.63) is 16.0 Å². The van der Waals surface area contributed by atoms with Gasteiger partial charge in [0.15, 0.2) is 0 Å². The summed E-state index contributed by atoms with van der Waals surface area (Å²) in [7, 11) is 0. The van der Waals surface area contributed by atoms with Gasteiger partial charge in [-0.25, -0.2) is 9.97 Å². The minimum absolute atomic E-state index is 0.169. The van der Waals surface area contributed by atoms with Gasteiger partial charge in [0.1, 0.15) is 11.6 Å². The average Bonchev–Trinajstić information content (AvgIpc) is 2.30. The average molecular weight is 350 g/mol. The van der Waals surface area contributed by atoms with E-state index in [1.165, 1.54) is 38.5 Å². The molecule has 4 aliphatic carbocycles. The van der Waals surface area contributed by atoms with Crippen molar-refractivity contribution < 1.29 is 0 Å². The Bertz CT molecular complexity index is 585. The predicted molar refractivity (Wildman–Crippen MR) is 88.0 cm³/mol. The van der Waals surface area contributed by atoms with E-state index in [1.54, 1.807) is 0 Å². The fraction of sp³-hybridized carbons (Fsp3) is 0.765. The van der Waals surface area contributed by atoms with E-state index < -0.39 is 0 Å². The number of aromatic nitrogens is 2. The Labute approximate surface area is 135 Å². The van der Waals surface area contributed by atoms with Gasteiger partial charge in [-0.3, -0.25) is 0 Å². The Balaban J connectivity index is 1.84. The van der Waals surface area contributed by atoms with Crippen molar-refractivity contribution >= 4 is 21.7 Å². The number of hydrogen-bond donors (Lipinski definition) is 1. The topological polar surface area (TPSA) is 51.8 Å². The summed E-state index contributed by atoms with van der Waals surface area (Å²) in [6.45, 7) is 6.99.